The Morgan fingerprint density at radius 3 is 2.07 bits per heavy atom. The van der Waals surface area contributed by atoms with Crippen molar-refractivity contribution in [2.75, 3.05) is 10.6 Å². The Morgan fingerprint density at radius 2 is 1.48 bits per heavy atom. The van der Waals surface area contributed by atoms with Gasteiger partial charge in [0.15, 0.2) is 5.78 Å². The average molecular weight is 364 g/mol. The van der Waals surface area contributed by atoms with Gasteiger partial charge in [-0.25, -0.2) is 0 Å². The lowest BCUT2D eigenvalue weighted by Gasteiger charge is -2.08. The number of carbonyl (C=O) groups is 3. The summed E-state index contributed by atoms with van der Waals surface area (Å²) in [6, 6.07) is 12.6. The summed E-state index contributed by atoms with van der Waals surface area (Å²) in [6.45, 7) is 3.97. The zero-order valence-electron chi connectivity index (χ0n) is 15.7. The van der Waals surface area contributed by atoms with E-state index in [9.17, 15) is 14.4 Å². The lowest BCUT2D eigenvalue weighted by Crippen LogP contribution is -2.14. The van der Waals surface area contributed by atoms with Crippen LogP contribution in [0.2, 0.25) is 0 Å². The summed E-state index contributed by atoms with van der Waals surface area (Å²) < 4.78 is 0. The van der Waals surface area contributed by atoms with Crippen LogP contribution in [-0.2, 0) is 9.59 Å². The fraction of sp³-hybridized carbons (Fsp3) is 0.318. The molecule has 2 N–H and O–H groups in total. The number of carbonyl (C=O) groups excluding carboxylic acids is 3. The van der Waals surface area contributed by atoms with Crippen molar-refractivity contribution >= 4 is 29.0 Å². The molecule has 2 aromatic rings. The van der Waals surface area contributed by atoms with Crippen LogP contribution < -0.4 is 10.6 Å². The summed E-state index contributed by atoms with van der Waals surface area (Å²) in [6.07, 6.45) is 2.22. The maximum Gasteiger partial charge on any atom is 0.227 e. The summed E-state index contributed by atoms with van der Waals surface area (Å²) in [4.78, 5) is 36.1. The number of amides is 2. The molecule has 5 nitrogen and oxygen atoms in total. The largest absolute Gasteiger partial charge is 0.326 e. The number of anilines is 2. The fourth-order valence-corrected chi connectivity index (χ4v) is 2.74. The van der Waals surface area contributed by atoms with Gasteiger partial charge >= 0.3 is 0 Å². The van der Waals surface area contributed by atoms with Gasteiger partial charge in [-0.15, -0.1) is 0 Å². The molecule has 3 rings (SSSR count). The Kier molecular flexibility index (Phi) is 5.69. The quantitative estimate of drug-likeness (QED) is 0.721. The predicted octanol–water partition coefficient (Wildman–Crippen LogP) is 4.25. The number of Topliss-reactive ketones (excluding diaryl/α,β-unsaturated/α-hetero) is 1. The minimum absolute atomic E-state index is 0.0358. The molecule has 1 aliphatic carbocycles. The van der Waals surface area contributed by atoms with Crippen LogP contribution >= 0.6 is 0 Å². The first-order valence-corrected chi connectivity index (χ1v) is 9.23. The van der Waals surface area contributed by atoms with E-state index in [1.807, 2.05) is 26.0 Å². The highest BCUT2D eigenvalue weighted by Crippen LogP contribution is 2.30. The second-order valence-electron chi connectivity index (χ2n) is 7.11. The number of benzene rings is 2. The molecule has 27 heavy (non-hydrogen) atoms. The van der Waals surface area contributed by atoms with Gasteiger partial charge in [-0.2, -0.15) is 0 Å². The zero-order valence-corrected chi connectivity index (χ0v) is 15.7. The number of aryl methyl sites for hydroxylation is 2. The highest BCUT2D eigenvalue weighted by Gasteiger charge is 2.29. The minimum atomic E-state index is -0.207. The average Bonchev–Trinajstić information content (AvgIpc) is 3.49. The molecule has 0 unspecified atom stereocenters. The van der Waals surface area contributed by atoms with E-state index in [1.54, 1.807) is 30.3 Å². The molecule has 1 aliphatic rings. The van der Waals surface area contributed by atoms with Crippen LogP contribution in [0.5, 0.6) is 0 Å². The lowest BCUT2D eigenvalue weighted by atomic mass is 10.0. The van der Waals surface area contributed by atoms with Gasteiger partial charge in [0.2, 0.25) is 11.8 Å². The summed E-state index contributed by atoms with van der Waals surface area (Å²) in [5.41, 5.74) is 4.21. The smallest absolute Gasteiger partial charge is 0.227 e. The molecule has 0 aromatic heterocycles. The van der Waals surface area contributed by atoms with Crippen LogP contribution in [0.4, 0.5) is 11.4 Å². The maximum absolute atomic E-state index is 12.3. The van der Waals surface area contributed by atoms with Gasteiger partial charge in [0.25, 0.3) is 0 Å². The molecule has 2 amide bonds. The van der Waals surface area contributed by atoms with Crippen LogP contribution in [0.1, 0.15) is 47.2 Å². The molecular weight excluding hydrogens is 340 g/mol. The van der Waals surface area contributed by atoms with Crippen molar-refractivity contribution in [3.63, 3.8) is 0 Å². The van der Waals surface area contributed by atoms with Crippen molar-refractivity contribution in [3.8, 4) is 0 Å². The van der Waals surface area contributed by atoms with Crippen LogP contribution in [0.15, 0.2) is 42.5 Å². The first-order chi connectivity index (χ1) is 12.9. The number of nitrogens with one attached hydrogen (secondary N) is 2. The first-order valence-electron chi connectivity index (χ1n) is 9.23. The van der Waals surface area contributed by atoms with E-state index in [4.69, 9.17) is 0 Å². The number of ketones is 1. The van der Waals surface area contributed by atoms with Crippen molar-refractivity contribution < 1.29 is 14.4 Å². The third-order valence-corrected chi connectivity index (χ3v) is 4.79. The number of hydrogen-bond acceptors (Lipinski definition) is 3. The molecule has 0 aliphatic heterocycles. The molecule has 1 saturated carbocycles. The molecule has 0 atom stereocenters. The van der Waals surface area contributed by atoms with E-state index < -0.39 is 0 Å². The zero-order chi connectivity index (χ0) is 19.4. The van der Waals surface area contributed by atoms with Crippen LogP contribution in [0, 0.1) is 19.8 Å². The maximum atomic E-state index is 12.3. The predicted molar refractivity (Wildman–Crippen MR) is 106 cm³/mol. The van der Waals surface area contributed by atoms with Gasteiger partial charge in [0.05, 0.1) is 0 Å². The molecule has 0 radical (unpaired) electrons. The number of rotatable bonds is 7. The van der Waals surface area contributed by atoms with Gasteiger partial charge in [0, 0.05) is 35.7 Å². The molecule has 0 spiro atoms. The molecular formula is C22H24N2O3. The van der Waals surface area contributed by atoms with Crippen LogP contribution in [-0.4, -0.2) is 17.6 Å². The van der Waals surface area contributed by atoms with Gasteiger partial charge in [-0.1, -0.05) is 12.1 Å². The van der Waals surface area contributed by atoms with Gasteiger partial charge in [-0.3, -0.25) is 14.4 Å². The van der Waals surface area contributed by atoms with Gasteiger partial charge in [-0.05, 0) is 68.1 Å². The van der Waals surface area contributed by atoms with Crippen molar-refractivity contribution in [2.45, 2.75) is 39.5 Å². The standard InChI is InChI=1S/C22H24N2O3/c1-14-3-4-17(13-15(14)2)20(25)11-12-21(26)23-18-7-9-19(10-8-18)24-22(27)16-5-6-16/h3-4,7-10,13,16H,5-6,11-12H2,1-2H3,(H,23,26)(H,24,27). The second kappa shape index (κ2) is 8.16. The highest BCUT2D eigenvalue weighted by atomic mass is 16.2. The Labute approximate surface area is 159 Å². The monoisotopic (exact) mass is 364 g/mol. The topological polar surface area (TPSA) is 75.3 Å². The lowest BCUT2D eigenvalue weighted by molar-refractivity contribution is -0.117. The van der Waals surface area contributed by atoms with E-state index in [2.05, 4.69) is 10.6 Å². The fourth-order valence-electron chi connectivity index (χ4n) is 2.74. The minimum Gasteiger partial charge on any atom is -0.326 e. The SMILES string of the molecule is Cc1ccc(C(=O)CCC(=O)Nc2ccc(NC(=O)C3CC3)cc2)cc1C. The molecule has 2 aromatic carbocycles. The second-order valence-corrected chi connectivity index (χ2v) is 7.11. The Balaban J connectivity index is 1.47. The third-order valence-electron chi connectivity index (χ3n) is 4.79. The van der Waals surface area contributed by atoms with Crippen molar-refractivity contribution in [1.29, 1.82) is 0 Å². The van der Waals surface area contributed by atoms with Gasteiger partial charge in [0.1, 0.15) is 0 Å². The first kappa shape index (κ1) is 18.8. The molecule has 0 heterocycles. The summed E-state index contributed by atoms with van der Waals surface area (Å²) in [5, 5.41) is 5.64. The molecule has 0 saturated heterocycles. The van der Waals surface area contributed by atoms with E-state index in [0.29, 0.717) is 11.3 Å². The van der Waals surface area contributed by atoms with E-state index in [1.165, 1.54) is 0 Å². The van der Waals surface area contributed by atoms with E-state index in [0.717, 1.165) is 29.7 Å². The summed E-state index contributed by atoms with van der Waals surface area (Å²) in [7, 11) is 0. The van der Waals surface area contributed by atoms with Crippen molar-refractivity contribution in [2.24, 2.45) is 5.92 Å². The third kappa shape index (κ3) is 5.26. The molecule has 0 bridgehead atoms. The summed E-state index contributed by atoms with van der Waals surface area (Å²) in [5.74, 6) is -0.0378. The summed E-state index contributed by atoms with van der Waals surface area (Å²) >= 11 is 0. The van der Waals surface area contributed by atoms with Gasteiger partial charge < -0.3 is 10.6 Å². The number of hydrogen-bond donors (Lipinski definition) is 2. The molecule has 1 fully saturated rings. The van der Waals surface area contributed by atoms with Crippen molar-refractivity contribution in [1.82, 2.24) is 0 Å². The Morgan fingerprint density at radius 1 is 0.852 bits per heavy atom. The van der Waals surface area contributed by atoms with Crippen molar-refractivity contribution in [3.05, 3.63) is 59.2 Å². The Hall–Kier alpha value is -2.95. The molecule has 140 valence electrons. The van der Waals surface area contributed by atoms with E-state index >= 15 is 0 Å². The van der Waals surface area contributed by atoms with E-state index in [-0.39, 0.29) is 36.4 Å². The molecule has 5 heteroatoms. The Bertz CT molecular complexity index is 868. The highest BCUT2D eigenvalue weighted by molar-refractivity contribution is 6.00. The normalized spacial score (nSPS) is 13.1. The van der Waals surface area contributed by atoms with Crippen LogP contribution in [0.3, 0.4) is 0 Å². The van der Waals surface area contributed by atoms with Crippen LogP contribution in [0.25, 0.3) is 0 Å².